The lowest BCUT2D eigenvalue weighted by Crippen LogP contribution is -2.20. The van der Waals surface area contributed by atoms with Crippen molar-refractivity contribution in [2.24, 2.45) is 5.92 Å². The molecule has 0 saturated carbocycles. The van der Waals surface area contributed by atoms with Crippen molar-refractivity contribution < 1.29 is 4.92 Å². The van der Waals surface area contributed by atoms with Crippen molar-refractivity contribution in [1.29, 1.82) is 0 Å². The van der Waals surface area contributed by atoms with Crippen molar-refractivity contribution >= 4 is 0 Å². The molecular formula is C9H21NO2. The summed E-state index contributed by atoms with van der Waals surface area (Å²) in [6, 6.07) is -0.333. The summed E-state index contributed by atoms with van der Waals surface area (Å²) in [5.74, 6) is 0.426. The van der Waals surface area contributed by atoms with Gasteiger partial charge in [-0.1, -0.05) is 34.6 Å². The smallest absolute Gasteiger partial charge is 0.213 e. The second-order valence-corrected chi connectivity index (χ2v) is 2.98. The maximum absolute atomic E-state index is 10.3. The Morgan fingerprint density at radius 2 is 1.75 bits per heavy atom. The van der Waals surface area contributed by atoms with Crippen LogP contribution in [-0.4, -0.2) is 11.0 Å². The summed E-state index contributed by atoms with van der Waals surface area (Å²) in [6.45, 7) is 9.87. The van der Waals surface area contributed by atoms with Gasteiger partial charge in [0, 0.05) is 17.8 Å². The number of hydrogen-bond donors (Lipinski definition) is 0. The Balaban J connectivity index is 0. The topological polar surface area (TPSA) is 43.1 Å². The maximum Gasteiger partial charge on any atom is 0.213 e. The van der Waals surface area contributed by atoms with Crippen LogP contribution < -0.4 is 0 Å². The average molecular weight is 175 g/mol. The van der Waals surface area contributed by atoms with Crippen LogP contribution in [0.1, 0.15) is 47.5 Å². The molecule has 0 amide bonds. The monoisotopic (exact) mass is 175 g/mol. The summed E-state index contributed by atoms with van der Waals surface area (Å²) < 4.78 is 0. The lowest BCUT2D eigenvalue weighted by atomic mass is 10.0. The highest BCUT2D eigenvalue weighted by Gasteiger charge is 2.17. The molecule has 0 saturated heterocycles. The summed E-state index contributed by atoms with van der Waals surface area (Å²) in [5, 5.41) is 10.3. The fourth-order valence-corrected chi connectivity index (χ4v) is 0.946. The first-order valence-electron chi connectivity index (χ1n) is 4.71. The van der Waals surface area contributed by atoms with E-state index in [4.69, 9.17) is 0 Å². The van der Waals surface area contributed by atoms with Crippen LogP contribution in [0.25, 0.3) is 0 Å². The van der Waals surface area contributed by atoms with E-state index in [2.05, 4.69) is 0 Å². The zero-order valence-electron chi connectivity index (χ0n) is 8.83. The first-order valence-corrected chi connectivity index (χ1v) is 4.71. The van der Waals surface area contributed by atoms with Crippen LogP contribution in [0.5, 0.6) is 0 Å². The lowest BCUT2D eigenvalue weighted by molar-refractivity contribution is -0.524. The molecule has 0 N–H and O–H groups in total. The molecule has 0 aliphatic carbocycles. The molecule has 0 aromatic heterocycles. The first kappa shape index (κ1) is 14.0. The van der Waals surface area contributed by atoms with Crippen LogP contribution in [0.15, 0.2) is 0 Å². The number of nitro groups is 1. The summed E-state index contributed by atoms with van der Waals surface area (Å²) in [7, 11) is 0. The van der Waals surface area contributed by atoms with Crippen LogP contribution in [0.2, 0.25) is 0 Å². The van der Waals surface area contributed by atoms with E-state index in [9.17, 15) is 10.1 Å². The molecule has 12 heavy (non-hydrogen) atoms. The molecule has 0 fully saturated rings. The Morgan fingerprint density at radius 1 is 1.33 bits per heavy atom. The van der Waals surface area contributed by atoms with Gasteiger partial charge in [-0.3, -0.25) is 10.1 Å². The second-order valence-electron chi connectivity index (χ2n) is 2.98. The van der Waals surface area contributed by atoms with Gasteiger partial charge < -0.3 is 0 Å². The Hall–Kier alpha value is -0.600. The molecular weight excluding hydrogens is 154 g/mol. The van der Waals surface area contributed by atoms with Gasteiger partial charge in [-0.15, -0.1) is 0 Å². The highest BCUT2D eigenvalue weighted by molar-refractivity contribution is 4.56. The molecule has 0 aromatic rings. The van der Waals surface area contributed by atoms with Gasteiger partial charge in [0.25, 0.3) is 0 Å². The third kappa shape index (κ3) is 7.51. The van der Waals surface area contributed by atoms with Crippen LogP contribution in [0.4, 0.5) is 0 Å². The van der Waals surface area contributed by atoms with Crippen molar-refractivity contribution in [2.45, 2.75) is 53.5 Å². The van der Waals surface area contributed by atoms with E-state index in [-0.39, 0.29) is 11.0 Å². The predicted octanol–water partition coefficient (Wildman–Crippen LogP) is 3.11. The summed E-state index contributed by atoms with van der Waals surface area (Å²) in [4.78, 5) is 10.1. The molecule has 74 valence electrons. The van der Waals surface area contributed by atoms with Crippen LogP contribution in [0.3, 0.4) is 0 Å². The minimum atomic E-state index is -0.333. The van der Waals surface area contributed by atoms with Crippen molar-refractivity contribution in [3.05, 3.63) is 10.1 Å². The van der Waals surface area contributed by atoms with Gasteiger partial charge in [-0.25, -0.2) is 0 Å². The third-order valence-corrected chi connectivity index (χ3v) is 1.51. The van der Waals surface area contributed by atoms with Crippen molar-refractivity contribution in [3.8, 4) is 0 Å². The van der Waals surface area contributed by atoms with Gasteiger partial charge in [0.1, 0.15) is 0 Å². The van der Waals surface area contributed by atoms with Crippen LogP contribution in [0, 0.1) is 16.0 Å². The highest BCUT2D eigenvalue weighted by Crippen LogP contribution is 2.09. The molecule has 0 spiro atoms. The van der Waals surface area contributed by atoms with Crippen molar-refractivity contribution in [3.63, 3.8) is 0 Å². The molecule has 3 heteroatoms. The van der Waals surface area contributed by atoms with Crippen molar-refractivity contribution in [1.82, 2.24) is 0 Å². The van der Waals surface area contributed by atoms with Gasteiger partial charge in [-0.05, 0) is 5.92 Å². The predicted molar refractivity (Wildman–Crippen MR) is 51.9 cm³/mol. The zero-order chi connectivity index (χ0) is 10.1. The Morgan fingerprint density at radius 3 is 1.83 bits per heavy atom. The molecule has 0 radical (unpaired) electrons. The minimum Gasteiger partial charge on any atom is -0.264 e. The molecule has 0 aliphatic rings. The van der Waals surface area contributed by atoms with E-state index in [1.165, 1.54) is 0 Å². The van der Waals surface area contributed by atoms with E-state index in [1.807, 2.05) is 34.6 Å². The van der Waals surface area contributed by atoms with E-state index in [1.54, 1.807) is 0 Å². The standard InChI is InChI=1S/C7H15NO2.C2H6/c1-4-7(8(9)10)5-6(2)3;1-2/h6-7H,4-5H2,1-3H3;1-2H3. The number of nitrogens with zero attached hydrogens (tertiary/aromatic N) is 1. The second kappa shape index (κ2) is 8.50. The van der Waals surface area contributed by atoms with E-state index < -0.39 is 0 Å². The van der Waals surface area contributed by atoms with Gasteiger partial charge in [0.05, 0.1) is 0 Å². The minimum absolute atomic E-state index is 0.181. The molecule has 0 heterocycles. The molecule has 3 nitrogen and oxygen atoms in total. The zero-order valence-corrected chi connectivity index (χ0v) is 8.83. The van der Waals surface area contributed by atoms with Gasteiger partial charge in [-0.2, -0.15) is 0 Å². The molecule has 1 atom stereocenters. The summed E-state index contributed by atoms with van der Waals surface area (Å²) >= 11 is 0. The Bertz CT molecular complexity index is 113. The average Bonchev–Trinajstić information content (AvgIpc) is 2.03. The molecule has 0 bridgehead atoms. The highest BCUT2D eigenvalue weighted by atomic mass is 16.6. The SMILES string of the molecule is CC.CCC(CC(C)C)[N+](=O)[O-]. The van der Waals surface area contributed by atoms with Gasteiger partial charge in [0.15, 0.2) is 0 Å². The van der Waals surface area contributed by atoms with Crippen LogP contribution >= 0.6 is 0 Å². The quantitative estimate of drug-likeness (QED) is 0.486. The maximum atomic E-state index is 10.3. The van der Waals surface area contributed by atoms with E-state index in [0.717, 1.165) is 0 Å². The van der Waals surface area contributed by atoms with Gasteiger partial charge >= 0.3 is 0 Å². The fourth-order valence-electron chi connectivity index (χ4n) is 0.946. The van der Waals surface area contributed by atoms with Crippen molar-refractivity contribution in [2.75, 3.05) is 0 Å². The molecule has 0 aliphatic heterocycles. The summed E-state index contributed by atoms with van der Waals surface area (Å²) in [5.41, 5.74) is 0. The molecule has 1 unspecified atom stereocenters. The Kier molecular flexibility index (Phi) is 9.88. The largest absolute Gasteiger partial charge is 0.264 e. The molecule has 0 rings (SSSR count). The lowest BCUT2D eigenvalue weighted by Gasteiger charge is -2.08. The van der Waals surface area contributed by atoms with Gasteiger partial charge in [0.2, 0.25) is 6.04 Å². The van der Waals surface area contributed by atoms with Crippen LogP contribution in [-0.2, 0) is 0 Å². The Labute approximate surface area is 75.3 Å². The number of rotatable bonds is 4. The van der Waals surface area contributed by atoms with E-state index >= 15 is 0 Å². The van der Waals surface area contributed by atoms with E-state index in [0.29, 0.717) is 18.8 Å². The number of hydrogen-bond acceptors (Lipinski definition) is 2. The molecule has 0 aromatic carbocycles. The third-order valence-electron chi connectivity index (χ3n) is 1.51. The first-order chi connectivity index (χ1) is 5.57. The summed E-state index contributed by atoms with van der Waals surface area (Å²) in [6.07, 6.45) is 1.34. The fraction of sp³-hybridized carbons (Fsp3) is 1.00. The normalized spacial score (nSPS) is 11.8.